The third kappa shape index (κ3) is 4.42. The van der Waals surface area contributed by atoms with Crippen LogP contribution in [0.3, 0.4) is 0 Å². The average Bonchev–Trinajstić information content (AvgIpc) is 2.34. The van der Waals surface area contributed by atoms with Crippen molar-refractivity contribution in [2.24, 2.45) is 5.41 Å². The monoisotopic (exact) mass is 279 g/mol. The Bertz CT molecular complexity index is 470. The predicted molar refractivity (Wildman–Crippen MR) is 82.1 cm³/mol. The number of para-hydroxylation sites is 1. The molecular weight excluding hydrogens is 254 g/mol. The van der Waals surface area contributed by atoms with Crippen molar-refractivity contribution in [2.75, 3.05) is 40.0 Å². The Kier molecular flexibility index (Phi) is 5.39. The van der Waals surface area contributed by atoms with Gasteiger partial charge in [-0.05, 0) is 31.6 Å². The van der Waals surface area contributed by atoms with Gasteiger partial charge >= 0.3 is 0 Å². The smallest absolute Gasteiger partial charge is 0.255 e. The van der Waals surface area contributed by atoms with Crippen molar-refractivity contribution in [2.45, 2.75) is 13.8 Å². The molecule has 0 radical (unpaired) electrons. The number of nitrogens with one attached hydrogen (secondary N) is 1. The maximum atomic E-state index is 12.2. The molecule has 0 unspecified atom stereocenters. The first kappa shape index (κ1) is 16.3. The van der Waals surface area contributed by atoms with Crippen molar-refractivity contribution in [3.63, 3.8) is 0 Å². The third-order valence-electron chi connectivity index (χ3n) is 2.97. The number of nitrogens with two attached hydrogens (primary N) is 1. The molecule has 0 fully saturated rings. The lowest BCUT2D eigenvalue weighted by Gasteiger charge is -2.28. The van der Waals surface area contributed by atoms with Crippen LogP contribution >= 0.6 is 0 Å². The van der Waals surface area contributed by atoms with Crippen LogP contribution in [0.1, 0.15) is 24.2 Å². The molecule has 0 saturated carbocycles. The molecule has 0 atom stereocenters. The van der Waals surface area contributed by atoms with E-state index in [2.05, 4.69) is 24.1 Å². The van der Waals surface area contributed by atoms with Crippen molar-refractivity contribution in [3.8, 4) is 5.75 Å². The summed E-state index contributed by atoms with van der Waals surface area (Å²) in [5.41, 5.74) is 6.73. The van der Waals surface area contributed by atoms with Gasteiger partial charge in [0.05, 0.1) is 18.4 Å². The fraction of sp³-hybridized carbons (Fsp3) is 0.533. The highest BCUT2D eigenvalue weighted by Crippen LogP contribution is 2.26. The van der Waals surface area contributed by atoms with Crippen LogP contribution in [0.5, 0.6) is 5.75 Å². The molecule has 20 heavy (non-hydrogen) atoms. The molecule has 0 aliphatic heterocycles. The minimum Gasteiger partial charge on any atom is -0.494 e. The fourth-order valence-corrected chi connectivity index (χ4v) is 2.29. The summed E-state index contributed by atoms with van der Waals surface area (Å²) < 4.78 is 5.20. The van der Waals surface area contributed by atoms with Crippen LogP contribution in [0.4, 0.5) is 5.69 Å². The van der Waals surface area contributed by atoms with Gasteiger partial charge in [-0.3, -0.25) is 4.79 Å². The Morgan fingerprint density at radius 2 is 2.05 bits per heavy atom. The minimum atomic E-state index is -0.166. The number of carbonyl (C=O) groups is 1. The van der Waals surface area contributed by atoms with Crippen molar-refractivity contribution in [3.05, 3.63) is 23.8 Å². The number of anilines is 1. The van der Waals surface area contributed by atoms with E-state index in [1.54, 1.807) is 18.2 Å². The van der Waals surface area contributed by atoms with Crippen LogP contribution in [0.15, 0.2) is 18.2 Å². The highest BCUT2D eigenvalue weighted by atomic mass is 16.5. The molecule has 1 amide bonds. The molecule has 112 valence electrons. The largest absolute Gasteiger partial charge is 0.494 e. The second-order valence-corrected chi connectivity index (χ2v) is 6.01. The van der Waals surface area contributed by atoms with Gasteiger partial charge in [0.2, 0.25) is 0 Å². The highest BCUT2D eigenvalue weighted by Gasteiger charge is 2.21. The van der Waals surface area contributed by atoms with Crippen LogP contribution in [0.2, 0.25) is 0 Å². The first-order valence-electron chi connectivity index (χ1n) is 6.62. The van der Waals surface area contributed by atoms with Gasteiger partial charge in [-0.2, -0.15) is 0 Å². The lowest BCUT2D eigenvalue weighted by atomic mass is 9.93. The van der Waals surface area contributed by atoms with Gasteiger partial charge in [0.15, 0.2) is 5.75 Å². The summed E-state index contributed by atoms with van der Waals surface area (Å²) in [6.07, 6.45) is 0. The van der Waals surface area contributed by atoms with Gasteiger partial charge in [-0.1, -0.05) is 19.9 Å². The Morgan fingerprint density at radius 1 is 1.40 bits per heavy atom. The van der Waals surface area contributed by atoms with Gasteiger partial charge in [0.1, 0.15) is 0 Å². The molecule has 1 aromatic rings. The van der Waals surface area contributed by atoms with E-state index in [1.165, 1.54) is 7.11 Å². The summed E-state index contributed by atoms with van der Waals surface area (Å²) in [5, 5.41) is 2.95. The van der Waals surface area contributed by atoms with E-state index in [9.17, 15) is 4.79 Å². The highest BCUT2D eigenvalue weighted by molar-refractivity contribution is 5.98. The molecule has 5 nitrogen and oxygen atoms in total. The molecular formula is C15H25N3O2. The van der Waals surface area contributed by atoms with Crippen molar-refractivity contribution >= 4 is 11.6 Å². The number of nitrogen functional groups attached to an aromatic ring is 1. The summed E-state index contributed by atoms with van der Waals surface area (Å²) in [5.74, 6) is 0.261. The molecule has 0 bridgehead atoms. The molecule has 0 aromatic heterocycles. The molecule has 5 heteroatoms. The summed E-state index contributed by atoms with van der Waals surface area (Å²) in [4.78, 5) is 14.4. The maximum Gasteiger partial charge on any atom is 0.255 e. The van der Waals surface area contributed by atoms with E-state index in [-0.39, 0.29) is 11.3 Å². The number of amides is 1. The van der Waals surface area contributed by atoms with Gasteiger partial charge in [0.25, 0.3) is 5.91 Å². The second-order valence-electron chi connectivity index (χ2n) is 6.01. The van der Waals surface area contributed by atoms with Crippen molar-refractivity contribution < 1.29 is 9.53 Å². The Labute approximate surface area is 121 Å². The molecule has 1 aromatic carbocycles. The van der Waals surface area contributed by atoms with Gasteiger partial charge in [0, 0.05) is 13.1 Å². The number of hydrogen-bond acceptors (Lipinski definition) is 4. The van der Waals surface area contributed by atoms with E-state index in [0.717, 1.165) is 6.54 Å². The quantitative estimate of drug-likeness (QED) is 0.776. The van der Waals surface area contributed by atoms with Crippen LogP contribution in [0.25, 0.3) is 0 Å². The Balaban J connectivity index is 2.75. The first-order valence-corrected chi connectivity index (χ1v) is 6.62. The molecule has 3 N–H and O–H groups in total. The summed E-state index contributed by atoms with van der Waals surface area (Å²) >= 11 is 0. The van der Waals surface area contributed by atoms with E-state index in [0.29, 0.717) is 23.5 Å². The fourth-order valence-electron chi connectivity index (χ4n) is 2.29. The maximum absolute atomic E-state index is 12.2. The zero-order chi connectivity index (χ0) is 15.3. The number of methoxy groups -OCH3 is 1. The van der Waals surface area contributed by atoms with E-state index < -0.39 is 0 Å². The van der Waals surface area contributed by atoms with Crippen molar-refractivity contribution in [1.82, 2.24) is 10.2 Å². The zero-order valence-corrected chi connectivity index (χ0v) is 13.0. The van der Waals surface area contributed by atoms with Crippen LogP contribution in [0, 0.1) is 5.41 Å². The van der Waals surface area contributed by atoms with Crippen LogP contribution in [-0.4, -0.2) is 45.1 Å². The van der Waals surface area contributed by atoms with Gasteiger partial charge < -0.3 is 20.7 Å². The van der Waals surface area contributed by atoms with Crippen LogP contribution in [-0.2, 0) is 0 Å². The molecule has 0 spiro atoms. The van der Waals surface area contributed by atoms with Crippen LogP contribution < -0.4 is 15.8 Å². The SMILES string of the molecule is COc1c(N)cccc1C(=O)NCC(C)(C)CN(C)C. The lowest BCUT2D eigenvalue weighted by Crippen LogP contribution is -2.40. The molecule has 0 aliphatic carbocycles. The lowest BCUT2D eigenvalue weighted by molar-refractivity contribution is 0.0926. The number of hydrogen-bond donors (Lipinski definition) is 2. The summed E-state index contributed by atoms with van der Waals surface area (Å²) in [7, 11) is 5.55. The minimum absolute atomic E-state index is 0.00722. The molecule has 1 rings (SSSR count). The third-order valence-corrected chi connectivity index (χ3v) is 2.97. The number of carbonyl (C=O) groups excluding carboxylic acids is 1. The summed E-state index contributed by atoms with van der Waals surface area (Å²) in [6.45, 7) is 5.71. The standard InChI is InChI=1S/C15H25N3O2/c1-15(2,10-18(3)4)9-17-14(19)11-7-6-8-12(16)13(11)20-5/h6-8H,9-10,16H2,1-5H3,(H,17,19). The Morgan fingerprint density at radius 3 is 2.60 bits per heavy atom. The predicted octanol–water partition coefficient (Wildman–Crippen LogP) is 1.59. The van der Waals surface area contributed by atoms with E-state index in [4.69, 9.17) is 10.5 Å². The average molecular weight is 279 g/mol. The zero-order valence-electron chi connectivity index (χ0n) is 13.0. The molecule has 0 heterocycles. The van der Waals surface area contributed by atoms with Gasteiger partial charge in [-0.15, -0.1) is 0 Å². The normalized spacial score (nSPS) is 11.5. The first-order chi connectivity index (χ1) is 9.26. The number of ether oxygens (including phenoxy) is 1. The van der Waals surface area contributed by atoms with E-state index in [1.807, 2.05) is 14.1 Å². The van der Waals surface area contributed by atoms with Crippen molar-refractivity contribution in [1.29, 1.82) is 0 Å². The summed E-state index contributed by atoms with van der Waals surface area (Å²) in [6, 6.07) is 5.17. The topological polar surface area (TPSA) is 67.6 Å². The van der Waals surface area contributed by atoms with Gasteiger partial charge in [-0.25, -0.2) is 0 Å². The number of rotatable bonds is 6. The number of nitrogens with zero attached hydrogens (tertiary/aromatic N) is 1. The molecule has 0 saturated heterocycles. The Hall–Kier alpha value is -1.75. The second kappa shape index (κ2) is 6.61. The van der Waals surface area contributed by atoms with E-state index >= 15 is 0 Å². The number of benzene rings is 1. The molecule has 0 aliphatic rings.